The minimum absolute atomic E-state index is 0.250. The Morgan fingerprint density at radius 2 is 2.00 bits per heavy atom. The van der Waals surface area contributed by atoms with Gasteiger partial charge in [0.2, 0.25) is 0 Å². The maximum absolute atomic E-state index is 10.8. The Balaban J connectivity index is 2.14. The zero-order chi connectivity index (χ0) is 9.41. The Hall–Kier alpha value is -0.0900. The van der Waals surface area contributed by atoms with E-state index in [0.717, 1.165) is 6.42 Å². The van der Waals surface area contributed by atoms with Crippen LogP contribution in [0, 0.1) is 5.41 Å². The third kappa shape index (κ3) is 3.11. The number of hydrogen-bond donors (Lipinski definition) is 1. The molecule has 1 aliphatic carbocycles. The van der Waals surface area contributed by atoms with Gasteiger partial charge in [-0.05, 0) is 11.8 Å². The van der Waals surface area contributed by atoms with Crippen molar-refractivity contribution >= 4 is 9.84 Å². The summed E-state index contributed by atoms with van der Waals surface area (Å²) in [6, 6.07) is 0.527. The fourth-order valence-corrected chi connectivity index (χ4v) is 1.72. The lowest BCUT2D eigenvalue weighted by molar-refractivity contribution is 0.549. The molecule has 1 N–H and O–H groups in total. The molecule has 0 bridgehead atoms. The van der Waals surface area contributed by atoms with Crippen molar-refractivity contribution in [2.24, 2.45) is 5.41 Å². The summed E-state index contributed by atoms with van der Waals surface area (Å²) in [5, 5.41) is 3.22. The molecule has 12 heavy (non-hydrogen) atoms. The van der Waals surface area contributed by atoms with Gasteiger partial charge in [0.05, 0.1) is 5.75 Å². The summed E-state index contributed by atoms with van der Waals surface area (Å²) in [6.07, 6.45) is 2.43. The predicted molar refractivity (Wildman–Crippen MR) is 49.9 cm³/mol. The van der Waals surface area contributed by atoms with Gasteiger partial charge < -0.3 is 5.32 Å². The van der Waals surface area contributed by atoms with E-state index in [1.807, 2.05) is 0 Å². The van der Waals surface area contributed by atoms with Crippen LogP contribution in [0.4, 0.5) is 0 Å². The summed E-state index contributed by atoms with van der Waals surface area (Å²) in [5.41, 5.74) is 0.386. The molecule has 72 valence electrons. The Morgan fingerprint density at radius 3 is 2.33 bits per heavy atom. The molecule has 1 unspecified atom stereocenters. The van der Waals surface area contributed by atoms with E-state index in [1.165, 1.54) is 6.26 Å². The maximum Gasteiger partial charge on any atom is 0.148 e. The fraction of sp³-hybridized carbons (Fsp3) is 1.00. The summed E-state index contributed by atoms with van der Waals surface area (Å²) in [6.45, 7) is 4.96. The van der Waals surface area contributed by atoms with Crippen LogP contribution in [-0.4, -0.2) is 33.0 Å². The van der Waals surface area contributed by atoms with Crippen molar-refractivity contribution in [3.8, 4) is 0 Å². The van der Waals surface area contributed by atoms with Gasteiger partial charge in [-0.3, -0.25) is 0 Å². The number of sulfone groups is 1. The van der Waals surface area contributed by atoms with Gasteiger partial charge in [-0.15, -0.1) is 0 Å². The summed E-state index contributed by atoms with van der Waals surface area (Å²) in [7, 11) is -2.79. The quantitative estimate of drug-likeness (QED) is 0.700. The zero-order valence-corrected chi connectivity index (χ0v) is 8.74. The van der Waals surface area contributed by atoms with Crippen LogP contribution < -0.4 is 5.32 Å². The molecule has 0 heterocycles. The van der Waals surface area contributed by atoms with Crippen molar-refractivity contribution in [3.63, 3.8) is 0 Å². The third-order valence-corrected chi connectivity index (χ3v) is 3.32. The van der Waals surface area contributed by atoms with Gasteiger partial charge in [-0.2, -0.15) is 0 Å². The third-order valence-electron chi connectivity index (χ3n) is 2.38. The minimum atomic E-state index is -2.79. The van der Waals surface area contributed by atoms with Crippen LogP contribution in [-0.2, 0) is 9.84 Å². The van der Waals surface area contributed by atoms with E-state index in [0.29, 0.717) is 18.0 Å². The van der Waals surface area contributed by atoms with Crippen molar-refractivity contribution in [2.75, 3.05) is 18.6 Å². The van der Waals surface area contributed by atoms with Crippen LogP contribution in [0.15, 0.2) is 0 Å². The van der Waals surface area contributed by atoms with Gasteiger partial charge in [0, 0.05) is 18.8 Å². The molecule has 0 radical (unpaired) electrons. The summed E-state index contributed by atoms with van der Waals surface area (Å²) >= 11 is 0. The van der Waals surface area contributed by atoms with Crippen molar-refractivity contribution in [2.45, 2.75) is 26.3 Å². The van der Waals surface area contributed by atoms with Crippen LogP contribution in [0.1, 0.15) is 20.3 Å². The van der Waals surface area contributed by atoms with Crippen LogP contribution >= 0.6 is 0 Å². The zero-order valence-electron chi connectivity index (χ0n) is 7.92. The highest BCUT2D eigenvalue weighted by Crippen LogP contribution is 2.44. The molecular formula is C8H17NO2S. The topological polar surface area (TPSA) is 46.2 Å². The highest BCUT2D eigenvalue weighted by atomic mass is 32.2. The van der Waals surface area contributed by atoms with Gasteiger partial charge in [-0.1, -0.05) is 13.8 Å². The van der Waals surface area contributed by atoms with Gasteiger partial charge in [0.1, 0.15) is 9.84 Å². The Labute approximate surface area is 74.5 Å². The lowest BCUT2D eigenvalue weighted by atomic mass is 10.2. The van der Waals surface area contributed by atoms with Crippen LogP contribution in [0.25, 0.3) is 0 Å². The lowest BCUT2D eigenvalue weighted by Gasteiger charge is -2.04. The van der Waals surface area contributed by atoms with Gasteiger partial charge in [-0.25, -0.2) is 8.42 Å². The Kier molecular flexibility index (Phi) is 2.50. The minimum Gasteiger partial charge on any atom is -0.312 e. The van der Waals surface area contributed by atoms with Gasteiger partial charge in [0.15, 0.2) is 0 Å². The molecular weight excluding hydrogens is 174 g/mol. The number of rotatable bonds is 4. The molecule has 1 fully saturated rings. The highest BCUT2D eigenvalue weighted by molar-refractivity contribution is 7.90. The van der Waals surface area contributed by atoms with Crippen LogP contribution in [0.3, 0.4) is 0 Å². The molecule has 0 aromatic carbocycles. The highest BCUT2D eigenvalue weighted by Gasteiger charge is 2.44. The first-order valence-electron chi connectivity index (χ1n) is 4.22. The monoisotopic (exact) mass is 191 g/mol. The maximum atomic E-state index is 10.8. The van der Waals surface area contributed by atoms with E-state index in [1.54, 1.807) is 0 Å². The molecule has 1 saturated carbocycles. The second-order valence-corrected chi connectivity index (χ2v) is 6.59. The molecule has 0 saturated heterocycles. The smallest absolute Gasteiger partial charge is 0.148 e. The summed E-state index contributed by atoms with van der Waals surface area (Å²) in [5.74, 6) is 0.250. The normalized spacial score (nSPS) is 27.1. The number of hydrogen-bond acceptors (Lipinski definition) is 3. The predicted octanol–water partition coefficient (Wildman–Crippen LogP) is 0.419. The first-order chi connectivity index (χ1) is 5.31. The number of nitrogens with one attached hydrogen (secondary N) is 1. The molecule has 1 rings (SSSR count). The SMILES string of the molecule is CC1(C)CC1NCCS(C)(=O)=O. The standard InChI is InChI=1S/C8H17NO2S/c1-8(2)6-7(8)9-4-5-12(3,10)11/h7,9H,4-6H2,1-3H3. The molecule has 1 aliphatic rings. The van der Waals surface area contributed by atoms with E-state index in [9.17, 15) is 8.42 Å². The molecule has 0 aliphatic heterocycles. The van der Waals surface area contributed by atoms with Crippen molar-refractivity contribution in [1.82, 2.24) is 5.32 Å². The lowest BCUT2D eigenvalue weighted by Crippen LogP contribution is -2.26. The molecule has 0 spiro atoms. The molecule has 4 heteroatoms. The average Bonchev–Trinajstić information content (AvgIpc) is 2.36. The van der Waals surface area contributed by atoms with Crippen molar-refractivity contribution < 1.29 is 8.42 Å². The Morgan fingerprint density at radius 1 is 1.50 bits per heavy atom. The largest absolute Gasteiger partial charge is 0.312 e. The summed E-state index contributed by atoms with van der Waals surface area (Å²) < 4.78 is 21.5. The van der Waals surface area contributed by atoms with E-state index < -0.39 is 9.84 Å². The van der Waals surface area contributed by atoms with E-state index in [-0.39, 0.29) is 5.75 Å². The molecule has 0 amide bonds. The van der Waals surface area contributed by atoms with Crippen molar-refractivity contribution in [3.05, 3.63) is 0 Å². The average molecular weight is 191 g/mol. The second-order valence-electron chi connectivity index (χ2n) is 4.33. The van der Waals surface area contributed by atoms with Gasteiger partial charge in [0.25, 0.3) is 0 Å². The van der Waals surface area contributed by atoms with Crippen molar-refractivity contribution in [1.29, 1.82) is 0 Å². The van der Waals surface area contributed by atoms with Gasteiger partial charge >= 0.3 is 0 Å². The van der Waals surface area contributed by atoms with E-state index in [2.05, 4.69) is 19.2 Å². The van der Waals surface area contributed by atoms with Crippen LogP contribution in [0.2, 0.25) is 0 Å². The first kappa shape index (κ1) is 9.99. The van der Waals surface area contributed by atoms with E-state index in [4.69, 9.17) is 0 Å². The Bertz CT molecular complexity index is 256. The van der Waals surface area contributed by atoms with E-state index >= 15 is 0 Å². The molecule has 0 aromatic heterocycles. The molecule has 1 atom stereocenters. The van der Waals surface area contributed by atoms with Crippen LogP contribution in [0.5, 0.6) is 0 Å². The summed E-state index contributed by atoms with van der Waals surface area (Å²) in [4.78, 5) is 0. The first-order valence-corrected chi connectivity index (χ1v) is 6.28. The molecule has 3 nitrogen and oxygen atoms in total. The fourth-order valence-electron chi connectivity index (χ4n) is 1.23. The molecule has 0 aromatic rings. The second kappa shape index (κ2) is 3.00.